The number of aryl methyl sites for hydroxylation is 1. The van der Waals surface area contributed by atoms with Gasteiger partial charge in [0.1, 0.15) is 5.01 Å². The van der Waals surface area contributed by atoms with Crippen LogP contribution in [0.15, 0.2) is 0 Å². The molecule has 0 bridgehead atoms. The molecule has 74 valence electrons. The minimum absolute atomic E-state index is 0.00103. The molecule has 14 heavy (non-hydrogen) atoms. The summed E-state index contributed by atoms with van der Waals surface area (Å²) in [6.07, 6.45) is 0.800. The third-order valence-corrected chi connectivity index (χ3v) is 3.06. The number of carbonyl (C=O) groups excluding carboxylic acids is 2. The van der Waals surface area contributed by atoms with Crippen LogP contribution in [0.2, 0.25) is 0 Å². The fourth-order valence-corrected chi connectivity index (χ4v) is 2.05. The Hall–Kier alpha value is -1.30. The monoisotopic (exact) mass is 211 g/mol. The van der Waals surface area contributed by atoms with Gasteiger partial charge in [0.15, 0.2) is 5.78 Å². The van der Waals surface area contributed by atoms with E-state index in [2.05, 4.69) is 10.2 Å². The Kier molecular flexibility index (Phi) is 2.28. The normalized spacial score (nSPS) is 16.8. The highest BCUT2D eigenvalue weighted by atomic mass is 32.1. The Morgan fingerprint density at radius 3 is 2.71 bits per heavy atom. The van der Waals surface area contributed by atoms with Crippen molar-refractivity contribution < 1.29 is 9.59 Å². The highest BCUT2D eigenvalue weighted by Crippen LogP contribution is 2.23. The van der Waals surface area contributed by atoms with E-state index in [1.165, 1.54) is 16.2 Å². The Morgan fingerprint density at radius 2 is 2.21 bits per heavy atom. The SMILES string of the molecule is CCc1nnc(N2CC(=O)CC2=O)s1. The van der Waals surface area contributed by atoms with E-state index in [-0.39, 0.29) is 24.7 Å². The van der Waals surface area contributed by atoms with Gasteiger partial charge in [0, 0.05) is 0 Å². The van der Waals surface area contributed by atoms with Gasteiger partial charge in [-0.1, -0.05) is 18.3 Å². The Balaban J connectivity index is 2.22. The van der Waals surface area contributed by atoms with Gasteiger partial charge in [-0.15, -0.1) is 10.2 Å². The van der Waals surface area contributed by atoms with Gasteiger partial charge in [-0.05, 0) is 6.42 Å². The number of rotatable bonds is 2. The number of amides is 1. The molecule has 1 fully saturated rings. The largest absolute Gasteiger partial charge is 0.297 e. The summed E-state index contributed by atoms with van der Waals surface area (Å²) < 4.78 is 0. The van der Waals surface area contributed by atoms with Crippen LogP contribution >= 0.6 is 11.3 Å². The van der Waals surface area contributed by atoms with Gasteiger partial charge < -0.3 is 0 Å². The molecule has 1 aromatic heterocycles. The Morgan fingerprint density at radius 1 is 1.43 bits per heavy atom. The molecule has 0 N–H and O–H groups in total. The zero-order valence-corrected chi connectivity index (χ0v) is 8.50. The van der Waals surface area contributed by atoms with E-state index in [0.29, 0.717) is 5.13 Å². The third kappa shape index (κ3) is 1.52. The number of anilines is 1. The maximum atomic E-state index is 11.3. The van der Waals surface area contributed by atoms with Crippen LogP contribution in [-0.2, 0) is 16.0 Å². The first kappa shape index (κ1) is 9.26. The molecule has 2 rings (SSSR count). The fraction of sp³-hybridized carbons (Fsp3) is 0.500. The summed E-state index contributed by atoms with van der Waals surface area (Å²) in [6.45, 7) is 2.12. The van der Waals surface area contributed by atoms with E-state index in [0.717, 1.165) is 11.4 Å². The van der Waals surface area contributed by atoms with Crippen molar-refractivity contribution in [1.29, 1.82) is 0 Å². The Bertz CT molecular complexity index is 388. The molecule has 0 saturated carbocycles. The average molecular weight is 211 g/mol. The van der Waals surface area contributed by atoms with Crippen molar-refractivity contribution in [2.75, 3.05) is 11.4 Å². The molecular weight excluding hydrogens is 202 g/mol. The van der Waals surface area contributed by atoms with Crippen LogP contribution in [-0.4, -0.2) is 28.4 Å². The number of Topliss-reactive ketones (excluding diaryl/α,β-unsaturated/α-hetero) is 1. The first-order chi connectivity index (χ1) is 6.70. The lowest BCUT2D eigenvalue weighted by Gasteiger charge is -2.07. The van der Waals surface area contributed by atoms with Crippen molar-refractivity contribution in [2.24, 2.45) is 0 Å². The van der Waals surface area contributed by atoms with Crippen LogP contribution in [0.4, 0.5) is 5.13 Å². The summed E-state index contributed by atoms with van der Waals surface area (Å²) in [5.74, 6) is -0.225. The van der Waals surface area contributed by atoms with E-state index in [9.17, 15) is 9.59 Å². The second-order valence-electron chi connectivity index (χ2n) is 3.03. The third-order valence-electron chi connectivity index (χ3n) is 1.97. The number of hydrogen-bond donors (Lipinski definition) is 0. The number of aromatic nitrogens is 2. The summed E-state index contributed by atoms with van der Waals surface area (Å²) in [5.41, 5.74) is 0. The van der Waals surface area contributed by atoms with Gasteiger partial charge in [-0.2, -0.15) is 0 Å². The van der Waals surface area contributed by atoms with Gasteiger partial charge in [0.05, 0.1) is 13.0 Å². The minimum Gasteiger partial charge on any atom is -0.297 e. The molecule has 2 heterocycles. The molecule has 0 unspecified atom stereocenters. The first-order valence-corrected chi connectivity index (χ1v) is 5.16. The number of ketones is 1. The zero-order valence-electron chi connectivity index (χ0n) is 7.69. The molecule has 1 amide bonds. The van der Waals surface area contributed by atoms with Gasteiger partial charge in [0.25, 0.3) is 0 Å². The summed E-state index contributed by atoms with van der Waals surface area (Å²) in [4.78, 5) is 23.7. The fourth-order valence-electron chi connectivity index (χ4n) is 1.26. The topological polar surface area (TPSA) is 63.2 Å². The lowest BCUT2D eigenvalue weighted by atomic mass is 10.3. The molecule has 1 aliphatic heterocycles. The maximum Gasteiger partial charge on any atom is 0.236 e. The van der Waals surface area contributed by atoms with E-state index in [1.807, 2.05) is 6.92 Å². The zero-order chi connectivity index (χ0) is 10.1. The van der Waals surface area contributed by atoms with Crippen molar-refractivity contribution in [3.63, 3.8) is 0 Å². The highest BCUT2D eigenvalue weighted by Gasteiger charge is 2.30. The molecule has 5 nitrogen and oxygen atoms in total. The average Bonchev–Trinajstić information content (AvgIpc) is 2.71. The molecule has 0 aliphatic carbocycles. The quantitative estimate of drug-likeness (QED) is 0.664. The number of hydrogen-bond acceptors (Lipinski definition) is 5. The lowest BCUT2D eigenvalue weighted by Crippen LogP contribution is -2.24. The summed E-state index contributed by atoms with van der Waals surface area (Å²) >= 11 is 1.37. The van der Waals surface area contributed by atoms with Gasteiger partial charge >= 0.3 is 0 Å². The molecule has 0 atom stereocenters. The van der Waals surface area contributed by atoms with Crippen LogP contribution in [0.25, 0.3) is 0 Å². The summed E-state index contributed by atoms with van der Waals surface area (Å²) in [7, 11) is 0. The van der Waals surface area contributed by atoms with E-state index in [4.69, 9.17) is 0 Å². The van der Waals surface area contributed by atoms with Gasteiger partial charge in [-0.3, -0.25) is 14.5 Å². The van der Waals surface area contributed by atoms with Crippen LogP contribution in [0.1, 0.15) is 18.4 Å². The molecule has 1 aromatic rings. The van der Waals surface area contributed by atoms with Crippen molar-refractivity contribution in [3.05, 3.63) is 5.01 Å². The van der Waals surface area contributed by atoms with E-state index >= 15 is 0 Å². The predicted molar refractivity (Wildman–Crippen MR) is 51.3 cm³/mol. The molecule has 1 aliphatic rings. The smallest absolute Gasteiger partial charge is 0.236 e. The second-order valence-corrected chi connectivity index (χ2v) is 4.07. The molecule has 6 heteroatoms. The maximum absolute atomic E-state index is 11.3. The molecule has 0 spiro atoms. The molecule has 0 aromatic carbocycles. The van der Waals surface area contributed by atoms with Crippen molar-refractivity contribution in [1.82, 2.24) is 10.2 Å². The lowest BCUT2D eigenvalue weighted by molar-refractivity contribution is -0.121. The van der Waals surface area contributed by atoms with Crippen LogP contribution in [0, 0.1) is 0 Å². The molecule has 1 saturated heterocycles. The van der Waals surface area contributed by atoms with Crippen molar-refractivity contribution in [3.8, 4) is 0 Å². The Labute approximate surface area is 84.7 Å². The summed E-state index contributed by atoms with van der Waals surface area (Å²) in [6, 6.07) is 0. The van der Waals surface area contributed by atoms with E-state index in [1.54, 1.807) is 0 Å². The second kappa shape index (κ2) is 3.45. The molecular formula is C8H9N3O2S. The first-order valence-electron chi connectivity index (χ1n) is 4.35. The van der Waals surface area contributed by atoms with Crippen LogP contribution in [0.3, 0.4) is 0 Å². The standard InChI is InChI=1S/C8H9N3O2S/c1-2-6-9-10-8(14-6)11-4-5(12)3-7(11)13/h2-4H2,1H3. The minimum atomic E-state index is -0.172. The number of carbonyl (C=O) groups is 2. The summed E-state index contributed by atoms with van der Waals surface area (Å²) in [5, 5.41) is 9.20. The van der Waals surface area contributed by atoms with Crippen molar-refractivity contribution >= 4 is 28.2 Å². The predicted octanol–water partition coefficient (Wildman–Crippen LogP) is 0.406. The van der Waals surface area contributed by atoms with Crippen LogP contribution < -0.4 is 4.90 Å². The highest BCUT2D eigenvalue weighted by molar-refractivity contribution is 7.15. The van der Waals surface area contributed by atoms with E-state index < -0.39 is 0 Å². The van der Waals surface area contributed by atoms with Crippen molar-refractivity contribution in [2.45, 2.75) is 19.8 Å². The number of nitrogens with zero attached hydrogens (tertiary/aromatic N) is 3. The molecule has 0 radical (unpaired) electrons. The van der Waals surface area contributed by atoms with Crippen LogP contribution in [0.5, 0.6) is 0 Å². The van der Waals surface area contributed by atoms with Gasteiger partial charge in [-0.25, -0.2) is 0 Å². The van der Waals surface area contributed by atoms with Gasteiger partial charge in [0.2, 0.25) is 11.0 Å².